The molecule has 1 fully saturated rings. The number of halogens is 1. The molecule has 1 N–H and O–H groups in total. The van der Waals surface area contributed by atoms with E-state index >= 15 is 0 Å². The lowest BCUT2D eigenvalue weighted by Crippen LogP contribution is -2.35. The largest absolute Gasteiger partial charge is 0.483 e. The van der Waals surface area contributed by atoms with E-state index < -0.39 is 0 Å². The van der Waals surface area contributed by atoms with Crippen LogP contribution < -0.4 is 10.1 Å². The van der Waals surface area contributed by atoms with Crippen molar-refractivity contribution in [1.82, 2.24) is 10.2 Å². The number of benzene rings is 3. The van der Waals surface area contributed by atoms with Crippen LogP contribution in [0.5, 0.6) is 5.75 Å². The highest BCUT2D eigenvalue weighted by Gasteiger charge is 2.11. The van der Waals surface area contributed by atoms with E-state index in [1.54, 1.807) is 0 Å². The minimum atomic E-state index is -0.146. The summed E-state index contributed by atoms with van der Waals surface area (Å²) in [6, 6.07) is 20.3. The average Bonchev–Trinajstić information content (AvgIpc) is 2.79. The molecule has 5 nitrogen and oxygen atoms in total. The number of nitrogens with zero attached hydrogens (tertiary/aromatic N) is 1. The number of amides is 1. The SMILES string of the molecule is O=C(COc1ccc2ccccc2c1Br)NCc1ccc(CN2CCOCC2)cc1. The second-order valence-electron chi connectivity index (χ2n) is 7.37. The standard InChI is InChI=1S/C24H25BrN2O3/c25-24-21-4-2-1-3-20(21)9-10-22(24)30-17-23(28)26-15-18-5-7-19(8-6-18)16-27-11-13-29-14-12-27/h1-10H,11-17H2,(H,26,28). The summed E-state index contributed by atoms with van der Waals surface area (Å²) in [5.74, 6) is 0.517. The summed E-state index contributed by atoms with van der Waals surface area (Å²) in [4.78, 5) is 14.6. The van der Waals surface area contributed by atoms with Gasteiger partial charge in [-0.05, 0) is 43.9 Å². The maximum atomic E-state index is 12.2. The van der Waals surface area contributed by atoms with Crippen molar-refractivity contribution < 1.29 is 14.3 Å². The molecule has 1 heterocycles. The lowest BCUT2D eigenvalue weighted by Gasteiger charge is -2.26. The second-order valence-corrected chi connectivity index (χ2v) is 8.16. The maximum Gasteiger partial charge on any atom is 0.258 e. The van der Waals surface area contributed by atoms with Crippen LogP contribution in [-0.2, 0) is 22.6 Å². The molecule has 6 heteroatoms. The molecule has 0 atom stereocenters. The number of morpholine rings is 1. The third kappa shape index (κ3) is 5.39. The first-order chi connectivity index (χ1) is 14.7. The quantitative estimate of drug-likeness (QED) is 0.566. The second kappa shape index (κ2) is 10.1. The smallest absolute Gasteiger partial charge is 0.258 e. The lowest BCUT2D eigenvalue weighted by molar-refractivity contribution is -0.123. The lowest BCUT2D eigenvalue weighted by atomic mass is 10.1. The fourth-order valence-corrected chi connectivity index (χ4v) is 4.11. The monoisotopic (exact) mass is 468 g/mol. The number of nitrogens with one attached hydrogen (secondary N) is 1. The third-order valence-electron chi connectivity index (χ3n) is 5.21. The molecule has 3 aromatic carbocycles. The zero-order valence-electron chi connectivity index (χ0n) is 16.8. The van der Waals surface area contributed by atoms with Crippen LogP contribution in [0.2, 0.25) is 0 Å². The van der Waals surface area contributed by atoms with Crippen molar-refractivity contribution in [1.29, 1.82) is 0 Å². The third-order valence-corrected chi connectivity index (χ3v) is 6.03. The van der Waals surface area contributed by atoms with Gasteiger partial charge in [-0.2, -0.15) is 0 Å². The van der Waals surface area contributed by atoms with Gasteiger partial charge in [0.05, 0.1) is 17.7 Å². The Morgan fingerprint density at radius 1 is 1.00 bits per heavy atom. The van der Waals surface area contributed by atoms with Crippen molar-refractivity contribution in [3.8, 4) is 5.75 Å². The van der Waals surface area contributed by atoms with Crippen LogP contribution >= 0.6 is 15.9 Å². The molecule has 0 bridgehead atoms. The Morgan fingerprint density at radius 3 is 2.53 bits per heavy atom. The topological polar surface area (TPSA) is 50.8 Å². The van der Waals surface area contributed by atoms with Crippen LogP contribution in [0, 0.1) is 0 Å². The summed E-state index contributed by atoms with van der Waals surface area (Å²) in [7, 11) is 0. The summed E-state index contributed by atoms with van der Waals surface area (Å²) in [5.41, 5.74) is 2.34. The van der Waals surface area contributed by atoms with Crippen molar-refractivity contribution in [2.75, 3.05) is 32.9 Å². The minimum Gasteiger partial charge on any atom is -0.483 e. The highest BCUT2D eigenvalue weighted by molar-refractivity contribution is 9.10. The molecule has 30 heavy (non-hydrogen) atoms. The molecule has 156 valence electrons. The molecule has 1 aliphatic rings. The molecule has 1 amide bonds. The Hall–Kier alpha value is -2.41. The van der Waals surface area contributed by atoms with Gasteiger partial charge in [0.25, 0.3) is 5.91 Å². The molecule has 0 spiro atoms. The highest BCUT2D eigenvalue weighted by atomic mass is 79.9. The zero-order chi connectivity index (χ0) is 20.8. The van der Waals surface area contributed by atoms with Gasteiger partial charge in [-0.3, -0.25) is 9.69 Å². The predicted octanol–water partition coefficient (Wildman–Crippen LogP) is 4.13. The van der Waals surface area contributed by atoms with Gasteiger partial charge < -0.3 is 14.8 Å². The number of carbonyl (C=O) groups excluding carboxylic acids is 1. The van der Waals surface area contributed by atoms with Crippen LogP contribution in [0.1, 0.15) is 11.1 Å². The minimum absolute atomic E-state index is 0.0218. The van der Waals surface area contributed by atoms with E-state index in [2.05, 4.69) is 50.4 Å². The zero-order valence-corrected chi connectivity index (χ0v) is 18.4. The van der Waals surface area contributed by atoms with Crippen molar-refractivity contribution in [2.45, 2.75) is 13.1 Å². The number of hydrogen-bond donors (Lipinski definition) is 1. The first-order valence-corrected chi connectivity index (χ1v) is 10.9. The molecular formula is C24H25BrN2O3. The van der Waals surface area contributed by atoms with Crippen LogP contribution in [-0.4, -0.2) is 43.7 Å². The fraction of sp³-hybridized carbons (Fsp3) is 0.292. The summed E-state index contributed by atoms with van der Waals surface area (Å²) in [6.07, 6.45) is 0. The number of hydrogen-bond acceptors (Lipinski definition) is 4. The Balaban J connectivity index is 1.25. The van der Waals surface area contributed by atoms with Gasteiger partial charge >= 0.3 is 0 Å². The Kier molecular flexibility index (Phi) is 7.00. The van der Waals surface area contributed by atoms with Gasteiger partial charge in [0.15, 0.2) is 6.61 Å². The van der Waals surface area contributed by atoms with E-state index in [4.69, 9.17) is 9.47 Å². The van der Waals surface area contributed by atoms with Gasteiger partial charge in [-0.15, -0.1) is 0 Å². The fourth-order valence-electron chi connectivity index (χ4n) is 3.50. The first-order valence-electron chi connectivity index (χ1n) is 10.1. The molecular weight excluding hydrogens is 444 g/mol. The average molecular weight is 469 g/mol. The van der Waals surface area contributed by atoms with Gasteiger partial charge in [0.1, 0.15) is 5.75 Å². The highest BCUT2D eigenvalue weighted by Crippen LogP contribution is 2.32. The van der Waals surface area contributed by atoms with Gasteiger partial charge in [0, 0.05) is 26.2 Å². The van der Waals surface area contributed by atoms with Gasteiger partial charge in [0.2, 0.25) is 0 Å². The van der Waals surface area contributed by atoms with E-state index in [1.165, 1.54) is 5.56 Å². The van der Waals surface area contributed by atoms with Crippen LogP contribution in [0.3, 0.4) is 0 Å². The number of rotatable bonds is 7. The van der Waals surface area contributed by atoms with Crippen molar-refractivity contribution in [3.63, 3.8) is 0 Å². The van der Waals surface area contributed by atoms with Crippen LogP contribution in [0.4, 0.5) is 0 Å². The molecule has 0 unspecified atom stereocenters. The summed E-state index contributed by atoms with van der Waals surface area (Å²) in [5, 5.41) is 5.11. The molecule has 1 saturated heterocycles. The molecule has 1 aliphatic heterocycles. The normalized spacial score (nSPS) is 14.6. The van der Waals surface area contributed by atoms with Gasteiger partial charge in [-0.1, -0.05) is 54.6 Å². The molecule has 4 rings (SSSR count). The Bertz CT molecular complexity index is 1000. The Labute approximate surface area is 185 Å². The maximum absolute atomic E-state index is 12.2. The van der Waals surface area contributed by atoms with E-state index in [1.807, 2.05) is 36.4 Å². The molecule has 3 aromatic rings. The van der Waals surface area contributed by atoms with E-state index in [0.717, 1.165) is 53.7 Å². The predicted molar refractivity (Wildman–Crippen MR) is 122 cm³/mol. The van der Waals surface area contributed by atoms with Crippen molar-refractivity contribution in [2.24, 2.45) is 0 Å². The molecule has 0 aliphatic carbocycles. The summed E-state index contributed by atoms with van der Waals surface area (Å²) in [6.45, 7) is 4.97. The Morgan fingerprint density at radius 2 is 1.73 bits per heavy atom. The van der Waals surface area contributed by atoms with Crippen molar-refractivity contribution in [3.05, 3.63) is 76.3 Å². The number of ether oxygens (including phenoxy) is 2. The van der Waals surface area contributed by atoms with E-state index in [-0.39, 0.29) is 12.5 Å². The van der Waals surface area contributed by atoms with Crippen molar-refractivity contribution >= 4 is 32.6 Å². The molecule has 0 aromatic heterocycles. The molecule has 0 radical (unpaired) electrons. The van der Waals surface area contributed by atoms with Crippen LogP contribution in [0.25, 0.3) is 10.8 Å². The van der Waals surface area contributed by atoms with E-state index in [0.29, 0.717) is 12.3 Å². The van der Waals surface area contributed by atoms with E-state index in [9.17, 15) is 4.79 Å². The number of fused-ring (bicyclic) bond motifs is 1. The van der Waals surface area contributed by atoms with Gasteiger partial charge in [-0.25, -0.2) is 0 Å². The summed E-state index contributed by atoms with van der Waals surface area (Å²) < 4.78 is 12.0. The number of carbonyl (C=O) groups is 1. The summed E-state index contributed by atoms with van der Waals surface area (Å²) >= 11 is 3.58. The van der Waals surface area contributed by atoms with Crippen LogP contribution in [0.15, 0.2) is 65.1 Å². The molecule has 0 saturated carbocycles. The first kappa shape index (κ1) is 20.8.